The molecule has 104 valence electrons. The number of halogens is 1. The Morgan fingerprint density at radius 2 is 2.16 bits per heavy atom. The third kappa shape index (κ3) is 3.32. The Labute approximate surface area is 118 Å². The average molecular weight is 284 g/mol. The maximum atomic E-state index is 9.51. The standard InChI is InChI=1S/C13H17N3O2.ClH/c1-9-11(8-15-16(9)2)14-7-10-4-5-12(17)13(6-10)18-3;/h4-6,8,14,17H,7H2,1-3H3;1H. The quantitative estimate of drug-likeness (QED) is 0.905. The highest BCUT2D eigenvalue weighted by molar-refractivity contribution is 5.85. The molecular weight excluding hydrogens is 266 g/mol. The fraction of sp³-hybridized carbons (Fsp3) is 0.308. The highest BCUT2D eigenvalue weighted by Gasteiger charge is 2.05. The monoisotopic (exact) mass is 283 g/mol. The second-order valence-corrected chi connectivity index (χ2v) is 4.13. The van der Waals surface area contributed by atoms with Crippen molar-refractivity contribution in [1.29, 1.82) is 0 Å². The van der Waals surface area contributed by atoms with Gasteiger partial charge in [-0.3, -0.25) is 4.68 Å². The summed E-state index contributed by atoms with van der Waals surface area (Å²) in [5, 5.41) is 17.0. The van der Waals surface area contributed by atoms with Gasteiger partial charge < -0.3 is 15.2 Å². The summed E-state index contributed by atoms with van der Waals surface area (Å²) in [7, 11) is 3.45. The number of phenols is 1. The van der Waals surface area contributed by atoms with E-state index >= 15 is 0 Å². The average Bonchev–Trinajstić information content (AvgIpc) is 2.69. The first kappa shape index (κ1) is 15.2. The number of rotatable bonds is 4. The summed E-state index contributed by atoms with van der Waals surface area (Å²) < 4.78 is 6.89. The van der Waals surface area contributed by atoms with Crippen LogP contribution in [0.4, 0.5) is 5.69 Å². The molecule has 1 aromatic carbocycles. The van der Waals surface area contributed by atoms with Gasteiger partial charge in [0.25, 0.3) is 0 Å². The number of benzene rings is 1. The number of nitrogens with zero attached hydrogens (tertiary/aromatic N) is 2. The molecule has 0 amide bonds. The summed E-state index contributed by atoms with van der Waals surface area (Å²) in [6, 6.07) is 5.30. The number of anilines is 1. The van der Waals surface area contributed by atoms with E-state index in [9.17, 15) is 5.11 Å². The minimum Gasteiger partial charge on any atom is -0.504 e. The molecule has 0 aliphatic rings. The molecule has 0 unspecified atom stereocenters. The largest absolute Gasteiger partial charge is 0.504 e. The molecule has 2 rings (SSSR count). The van der Waals surface area contributed by atoms with E-state index in [4.69, 9.17) is 4.74 Å². The molecule has 19 heavy (non-hydrogen) atoms. The minimum absolute atomic E-state index is 0. The molecule has 0 bridgehead atoms. The number of aromatic hydroxyl groups is 1. The van der Waals surface area contributed by atoms with Crippen LogP contribution in [0.5, 0.6) is 11.5 Å². The van der Waals surface area contributed by atoms with Crippen LogP contribution in [-0.2, 0) is 13.6 Å². The molecule has 0 spiro atoms. The molecule has 0 aliphatic carbocycles. The molecule has 0 atom stereocenters. The van der Waals surface area contributed by atoms with E-state index in [1.807, 2.05) is 30.8 Å². The molecule has 1 heterocycles. The van der Waals surface area contributed by atoms with E-state index in [-0.39, 0.29) is 18.2 Å². The number of phenolic OH excluding ortho intramolecular Hbond substituents is 1. The van der Waals surface area contributed by atoms with Gasteiger partial charge in [-0.2, -0.15) is 5.10 Å². The van der Waals surface area contributed by atoms with Crippen molar-refractivity contribution in [2.75, 3.05) is 12.4 Å². The normalized spacial score (nSPS) is 9.84. The number of nitrogens with one attached hydrogen (secondary N) is 1. The van der Waals surface area contributed by atoms with Gasteiger partial charge in [0.2, 0.25) is 0 Å². The van der Waals surface area contributed by atoms with Crippen molar-refractivity contribution in [2.45, 2.75) is 13.5 Å². The van der Waals surface area contributed by atoms with Crippen LogP contribution in [0.15, 0.2) is 24.4 Å². The molecule has 1 aromatic heterocycles. The fourth-order valence-electron chi connectivity index (χ4n) is 1.70. The lowest BCUT2D eigenvalue weighted by Gasteiger charge is -2.08. The molecule has 2 N–H and O–H groups in total. The smallest absolute Gasteiger partial charge is 0.160 e. The van der Waals surface area contributed by atoms with Crippen molar-refractivity contribution in [1.82, 2.24) is 9.78 Å². The van der Waals surface area contributed by atoms with Crippen molar-refractivity contribution in [3.8, 4) is 11.5 Å². The van der Waals surface area contributed by atoms with Gasteiger partial charge in [-0.25, -0.2) is 0 Å². The summed E-state index contributed by atoms with van der Waals surface area (Å²) in [5.41, 5.74) is 3.12. The second-order valence-electron chi connectivity index (χ2n) is 4.13. The summed E-state index contributed by atoms with van der Waals surface area (Å²) in [6.45, 7) is 2.66. The van der Waals surface area contributed by atoms with Crippen molar-refractivity contribution < 1.29 is 9.84 Å². The zero-order valence-corrected chi connectivity index (χ0v) is 12.0. The Balaban J connectivity index is 0.00000180. The van der Waals surface area contributed by atoms with E-state index in [1.54, 1.807) is 12.3 Å². The highest BCUT2D eigenvalue weighted by Crippen LogP contribution is 2.26. The van der Waals surface area contributed by atoms with Gasteiger partial charge in [0, 0.05) is 13.6 Å². The van der Waals surface area contributed by atoms with Crippen LogP contribution in [0.2, 0.25) is 0 Å². The summed E-state index contributed by atoms with van der Waals surface area (Å²) in [6.07, 6.45) is 1.80. The highest BCUT2D eigenvalue weighted by atomic mass is 35.5. The van der Waals surface area contributed by atoms with Crippen LogP contribution < -0.4 is 10.1 Å². The number of hydrogen-bond acceptors (Lipinski definition) is 4. The van der Waals surface area contributed by atoms with Crippen LogP contribution in [-0.4, -0.2) is 22.0 Å². The van der Waals surface area contributed by atoms with Gasteiger partial charge in [0.05, 0.1) is 24.7 Å². The van der Waals surface area contributed by atoms with Crippen LogP contribution in [0, 0.1) is 6.92 Å². The molecule has 5 nitrogen and oxygen atoms in total. The van der Waals surface area contributed by atoms with Gasteiger partial charge in [-0.05, 0) is 24.6 Å². The number of methoxy groups -OCH3 is 1. The third-order valence-corrected chi connectivity index (χ3v) is 2.96. The topological polar surface area (TPSA) is 59.3 Å². The molecular formula is C13H18ClN3O2. The first-order chi connectivity index (χ1) is 8.61. The maximum Gasteiger partial charge on any atom is 0.160 e. The van der Waals surface area contributed by atoms with Crippen LogP contribution in [0.25, 0.3) is 0 Å². The minimum atomic E-state index is 0. The first-order valence-electron chi connectivity index (χ1n) is 5.70. The maximum absolute atomic E-state index is 9.51. The van der Waals surface area contributed by atoms with Crippen molar-refractivity contribution in [3.05, 3.63) is 35.7 Å². The van der Waals surface area contributed by atoms with E-state index in [2.05, 4.69) is 10.4 Å². The van der Waals surface area contributed by atoms with Crippen molar-refractivity contribution in [2.24, 2.45) is 7.05 Å². The van der Waals surface area contributed by atoms with Crippen LogP contribution >= 0.6 is 12.4 Å². The predicted octanol–water partition coefficient (Wildman–Crippen LogP) is 2.48. The zero-order valence-electron chi connectivity index (χ0n) is 11.2. The molecule has 2 aromatic rings. The Kier molecular flexibility index (Phi) is 5.06. The molecule has 0 saturated carbocycles. The lowest BCUT2D eigenvalue weighted by Crippen LogP contribution is -2.01. The van der Waals surface area contributed by atoms with Gasteiger partial charge in [0.15, 0.2) is 11.5 Å². The van der Waals surface area contributed by atoms with Gasteiger partial charge in [-0.15, -0.1) is 12.4 Å². The summed E-state index contributed by atoms with van der Waals surface area (Å²) >= 11 is 0. The van der Waals surface area contributed by atoms with Crippen molar-refractivity contribution in [3.63, 3.8) is 0 Å². The Morgan fingerprint density at radius 1 is 1.42 bits per heavy atom. The lowest BCUT2D eigenvalue weighted by atomic mass is 10.2. The van der Waals surface area contributed by atoms with E-state index in [1.165, 1.54) is 7.11 Å². The number of aryl methyl sites for hydroxylation is 1. The van der Waals surface area contributed by atoms with E-state index in [0.717, 1.165) is 16.9 Å². The Bertz CT molecular complexity index is 555. The van der Waals surface area contributed by atoms with Crippen LogP contribution in [0.3, 0.4) is 0 Å². The van der Waals surface area contributed by atoms with E-state index < -0.39 is 0 Å². The first-order valence-corrected chi connectivity index (χ1v) is 5.70. The number of ether oxygens (including phenoxy) is 1. The van der Waals surface area contributed by atoms with Gasteiger partial charge >= 0.3 is 0 Å². The summed E-state index contributed by atoms with van der Waals surface area (Å²) in [4.78, 5) is 0. The molecule has 6 heteroatoms. The van der Waals surface area contributed by atoms with Gasteiger partial charge in [0.1, 0.15) is 0 Å². The second kappa shape index (κ2) is 6.33. The third-order valence-electron chi connectivity index (χ3n) is 2.96. The van der Waals surface area contributed by atoms with Crippen LogP contribution in [0.1, 0.15) is 11.3 Å². The molecule has 0 radical (unpaired) electrons. The zero-order chi connectivity index (χ0) is 13.1. The lowest BCUT2D eigenvalue weighted by molar-refractivity contribution is 0.373. The van der Waals surface area contributed by atoms with E-state index in [0.29, 0.717) is 12.3 Å². The number of hydrogen-bond donors (Lipinski definition) is 2. The molecule has 0 saturated heterocycles. The molecule has 0 fully saturated rings. The fourth-order valence-corrected chi connectivity index (χ4v) is 1.70. The SMILES string of the molecule is COc1cc(CNc2cnn(C)c2C)ccc1O.Cl. The number of aromatic nitrogens is 2. The molecule has 0 aliphatic heterocycles. The Hall–Kier alpha value is -1.88. The van der Waals surface area contributed by atoms with Gasteiger partial charge in [-0.1, -0.05) is 6.07 Å². The Morgan fingerprint density at radius 3 is 2.74 bits per heavy atom. The van der Waals surface area contributed by atoms with Crippen molar-refractivity contribution >= 4 is 18.1 Å². The summed E-state index contributed by atoms with van der Waals surface area (Å²) in [5.74, 6) is 0.635. The predicted molar refractivity (Wildman–Crippen MR) is 77.2 cm³/mol.